The van der Waals surface area contributed by atoms with E-state index in [1.54, 1.807) is 23.4 Å². The molecule has 2 aliphatic rings. The zero-order valence-electron chi connectivity index (χ0n) is 18.2. The summed E-state index contributed by atoms with van der Waals surface area (Å²) in [6.07, 6.45) is 1.89. The molecule has 1 unspecified atom stereocenters. The number of alkyl halides is 2. The van der Waals surface area contributed by atoms with E-state index < -0.39 is 30.6 Å². The van der Waals surface area contributed by atoms with Gasteiger partial charge in [0.05, 0.1) is 12.4 Å². The number of rotatable bonds is 4. The van der Waals surface area contributed by atoms with Gasteiger partial charge in [-0.2, -0.15) is 13.9 Å². The van der Waals surface area contributed by atoms with Gasteiger partial charge < -0.3 is 15.0 Å². The Hall–Kier alpha value is -3.38. The van der Waals surface area contributed by atoms with Gasteiger partial charge >= 0.3 is 12.6 Å². The molecule has 1 amide bonds. The first-order chi connectivity index (χ1) is 16.8. The van der Waals surface area contributed by atoms with Crippen molar-refractivity contribution in [3.8, 4) is 0 Å². The van der Waals surface area contributed by atoms with Gasteiger partial charge in [-0.05, 0) is 25.1 Å². The minimum Gasteiger partial charge on any atom is -0.446 e. The highest BCUT2D eigenvalue weighted by atomic mass is 35.5. The largest absolute Gasteiger partial charge is 0.446 e. The number of thiazole rings is 1. The lowest BCUT2D eigenvalue weighted by molar-refractivity contribution is 0.0564. The Labute approximate surface area is 206 Å². The van der Waals surface area contributed by atoms with Gasteiger partial charge in [-0.1, -0.05) is 17.7 Å². The summed E-state index contributed by atoms with van der Waals surface area (Å²) >= 11 is 7.79. The van der Waals surface area contributed by atoms with Gasteiger partial charge in [-0.3, -0.25) is 4.99 Å². The van der Waals surface area contributed by atoms with Crippen LogP contribution >= 0.6 is 22.9 Å². The number of halogens is 4. The fraction of sp³-hybridized carbons (Fsp3) is 0.273. The number of hydrogen-bond acceptors (Lipinski definition) is 7. The van der Waals surface area contributed by atoms with Crippen molar-refractivity contribution in [2.75, 3.05) is 6.67 Å². The Balaban J connectivity index is 1.76. The molecule has 1 fully saturated rings. The highest BCUT2D eigenvalue weighted by molar-refractivity contribution is 7.11. The van der Waals surface area contributed by atoms with Crippen LogP contribution in [-0.2, 0) is 4.74 Å². The van der Waals surface area contributed by atoms with E-state index in [0.29, 0.717) is 32.4 Å². The van der Waals surface area contributed by atoms with E-state index in [1.807, 2.05) is 0 Å². The summed E-state index contributed by atoms with van der Waals surface area (Å²) in [4.78, 5) is 23.2. The Morgan fingerprint density at radius 1 is 1.31 bits per heavy atom. The van der Waals surface area contributed by atoms with Gasteiger partial charge in [-0.15, -0.1) is 11.3 Å². The maximum atomic E-state index is 13.9. The molecule has 0 saturated carbocycles. The van der Waals surface area contributed by atoms with Gasteiger partial charge in [0, 0.05) is 46.1 Å². The number of amidine groups is 1. The van der Waals surface area contributed by atoms with Crippen LogP contribution in [0.4, 0.5) is 18.0 Å². The van der Waals surface area contributed by atoms with Crippen molar-refractivity contribution in [3.63, 3.8) is 0 Å². The smallest absolute Gasteiger partial charge is 0.408 e. The molecule has 3 aromatic rings. The normalized spacial score (nSPS) is 20.7. The molecule has 2 atom stereocenters. The lowest BCUT2D eigenvalue weighted by Gasteiger charge is -2.38. The molecule has 2 aromatic heterocycles. The molecule has 182 valence electrons. The molecule has 35 heavy (non-hydrogen) atoms. The summed E-state index contributed by atoms with van der Waals surface area (Å²) in [7, 11) is 0. The van der Waals surface area contributed by atoms with E-state index in [-0.39, 0.29) is 23.8 Å². The lowest BCUT2D eigenvalue weighted by Crippen LogP contribution is -2.47. The summed E-state index contributed by atoms with van der Waals surface area (Å²) < 4.78 is 46.6. The van der Waals surface area contributed by atoms with Crippen LogP contribution in [0.5, 0.6) is 0 Å². The predicted molar refractivity (Wildman–Crippen MR) is 124 cm³/mol. The molecule has 0 bridgehead atoms. The molecule has 1 saturated heterocycles. The summed E-state index contributed by atoms with van der Waals surface area (Å²) in [5.74, 6) is -0.0704. The number of nitrogens with one attached hydrogen (secondary N) is 1. The highest BCUT2D eigenvalue weighted by Crippen LogP contribution is 2.44. The van der Waals surface area contributed by atoms with Gasteiger partial charge in [0.25, 0.3) is 0 Å². The number of carbonyl (C=O) groups excluding carboxylic acids is 1. The van der Waals surface area contributed by atoms with Crippen molar-refractivity contribution >= 4 is 40.4 Å². The maximum absolute atomic E-state index is 13.9. The van der Waals surface area contributed by atoms with Crippen LogP contribution in [0.3, 0.4) is 0 Å². The van der Waals surface area contributed by atoms with Crippen molar-refractivity contribution in [2.45, 2.75) is 32.0 Å². The van der Waals surface area contributed by atoms with E-state index in [0.717, 1.165) is 0 Å². The number of cyclic esters (lactones) is 1. The van der Waals surface area contributed by atoms with E-state index >= 15 is 0 Å². The summed E-state index contributed by atoms with van der Waals surface area (Å²) in [6, 6.07) is 4.60. The molecule has 1 N–H and O–H groups in total. The molecule has 0 radical (unpaired) electrons. The maximum Gasteiger partial charge on any atom is 0.408 e. The minimum absolute atomic E-state index is 0.00221. The fourth-order valence-electron chi connectivity index (χ4n) is 4.09. The van der Waals surface area contributed by atoms with Crippen LogP contribution in [0.2, 0.25) is 5.02 Å². The van der Waals surface area contributed by atoms with Gasteiger partial charge in [0.2, 0.25) is 0 Å². The summed E-state index contributed by atoms with van der Waals surface area (Å²) in [6.45, 7) is -1.11. The van der Waals surface area contributed by atoms with Gasteiger partial charge in [-0.25, -0.2) is 18.9 Å². The van der Waals surface area contributed by atoms with Crippen LogP contribution in [0.25, 0.3) is 5.57 Å². The van der Waals surface area contributed by atoms with Crippen molar-refractivity contribution in [3.05, 3.63) is 74.8 Å². The number of nitrogens with zero attached hydrogens (tertiary/aromatic N) is 5. The minimum atomic E-state index is -2.84. The third-order valence-corrected chi connectivity index (χ3v) is 6.65. The van der Waals surface area contributed by atoms with E-state index in [4.69, 9.17) is 21.3 Å². The first-order valence-electron chi connectivity index (χ1n) is 10.5. The first-order valence-corrected chi connectivity index (χ1v) is 11.8. The molecule has 0 aliphatic carbocycles. The molecule has 1 aromatic carbocycles. The standard InChI is InChI=1S/C22H18ClF3N6O2S/c1-11-8-16-17(15-4-6-32(30-15)21(25)26)18(13-3-2-12(24)9-14(13)23)29-19(20-27-5-7-35-20)31(16)10-28-22(33)34-11/h2-7,9,11,18,21H,8,10H2,1H3,(H,28,33)/t11?,18-/m0/s1. The van der Waals surface area contributed by atoms with Crippen LogP contribution in [0.1, 0.15) is 42.2 Å². The number of benzene rings is 1. The van der Waals surface area contributed by atoms with Gasteiger partial charge in [0.1, 0.15) is 18.0 Å². The number of aromatic nitrogens is 3. The van der Waals surface area contributed by atoms with Crippen LogP contribution in [-0.4, -0.2) is 44.4 Å². The Morgan fingerprint density at radius 2 is 2.14 bits per heavy atom. The quantitative estimate of drug-likeness (QED) is 0.508. The van der Waals surface area contributed by atoms with Crippen molar-refractivity contribution in [2.24, 2.45) is 4.99 Å². The van der Waals surface area contributed by atoms with E-state index in [2.05, 4.69) is 15.4 Å². The van der Waals surface area contributed by atoms with E-state index in [1.165, 1.54) is 41.8 Å². The molecule has 0 spiro atoms. The third kappa shape index (κ3) is 4.50. The molecular formula is C22H18ClF3N6O2S. The molecular weight excluding hydrogens is 505 g/mol. The van der Waals surface area contributed by atoms with Gasteiger partial charge in [0.15, 0.2) is 10.8 Å². The van der Waals surface area contributed by atoms with Crippen molar-refractivity contribution in [1.29, 1.82) is 0 Å². The second kappa shape index (κ2) is 9.34. The number of amides is 1. The predicted octanol–water partition coefficient (Wildman–Crippen LogP) is 5.22. The van der Waals surface area contributed by atoms with Crippen LogP contribution < -0.4 is 5.32 Å². The van der Waals surface area contributed by atoms with Crippen molar-refractivity contribution < 1.29 is 22.7 Å². The second-order valence-electron chi connectivity index (χ2n) is 7.86. The Morgan fingerprint density at radius 3 is 2.83 bits per heavy atom. The fourth-order valence-corrected chi connectivity index (χ4v) is 5.00. The number of aliphatic imine (C=N–C) groups is 1. The molecule has 13 heteroatoms. The van der Waals surface area contributed by atoms with Crippen LogP contribution in [0.15, 0.2) is 52.7 Å². The molecule has 5 rings (SSSR count). The monoisotopic (exact) mass is 522 g/mol. The molecule has 8 nitrogen and oxygen atoms in total. The lowest BCUT2D eigenvalue weighted by atomic mass is 9.90. The topological polar surface area (TPSA) is 84.6 Å². The average Bonchev–Trinajstić information content (AvgIpc) is 3.49. The third-order valence-electron chi connectivity index (χ3n) is 5.55. The van der Waals surface area contributed by atoms with E-state index in [9.17, 15) is 18.0 Å². The zero-order chi connectivity index (χ0) is 24.7. The van der Waals surface area contributed by atoms with Crippen LogP contribution in [0, 0.1) is 5.82 Å². The number of carbonyl (C=O) groups is 1. The number of fused-ring (bicyclic) bond motifs is 1. The summed E-state index contributed by atoms with van der Waals surface area (Å²) in [5.41, 5.74) is 1.85. The summed E-state index contributed by atoms with van der Waals surface area (Å²) in [5, 5.41) is 9.25. The SMILES string of the molecule is CC1CC2=C(c3ccn(C(F)F)n3)[C@H](c3ccc(F)cc3Cl)N=C(c3nccs3)N2CNC(=O)O1. The second-order valence-corrected chi connectivity index (χ2v) is 9.16. The van der Waals surface area contributed by atoms with Crippen molar-refractivity contribution in [1.82, 2.24) is 25.0 Å². The number of hydrogen-bond donors (Lipinski definition) is 1. The molecule has 2 aliphatic heterocycles. The zero-order valence-corrected chi connectivity index (χ0v) is 19.7. The number of alkyl carbamates (subject to hydrolysis) is 1. The highest BCUT2D eigenvalue weighted by Gasteiger charge is 2.37. The Kier molecular flexibility index (Phi) is 6.24. The molecule has 4 heterocycles. The Bertz CT molecular complexity index is 1330. The number of ether oxygens (including phenoxy) is 1. The first kappa shape index (κ1) is 23.4. The average molecular weight is 523 g/mol.